The smallest absolute Gasteiger partial charge is 0.264 e. The van der Waals surface area contributed by atoms with Crippen molar-refractivity contribution < 1.29 is 18.0 Å². The molecule has 0 radical (unpaired) electrons. The number of anilines is 1. The van der Waals surface area contributed by atoms with Gasteiger partial charge in [-0.15, -0.1) is 0 Å². The summed E-state index contributed by atoms with van der Waals surface area (Å²) in [6.07, 6.45) is 5.47. The minimum absolute atomic E-state index is 0.0706. The van der Waals surface area contributed by atoms with Crippen molar-refractivity contribution in [3.8, 4) is 0 Å². The van der Waals surface area contributed by atoms with Crippen LogP contribution in [-0.4, -0.2) is 43.8 Å². The van der Waals surface area contributed by atoms with Crippen molar-refractivity contribution in [3.63, 3.8) is 0 Å². The van der Waals surface area contributed by atoms with Crippen molar-refractivity contribution in [2.24, 2.45) is 0 Å². The fourth-order valence-electron chi connectivity index (χ4n) is 5.59. The Morgan fingerprint density at radius 2 is 1.62 bits per heavy atom. The molecule has 0 heterocycles. The molecule has 7 nitrogen and oxygen atoms in total. The second-order valence-electron chi connectivity index (χ2n) is 11.0. The number of rotatable bonds is 11. The molecule has 0 spiro atoms. The number of hydrogen-bond donors (Lipinski definition) is 1. The summed E-state index contributed by atoms with van der Waals surface area (Å²) in [6.45, 7) is 5.22. The number of sulfonamides is 1. The van der Waals surface area contributed by atoms with E-state index in [2.05, 4.69) is 5.32 Å². The van der Waals surface area contributed by atoms with Gasteiger partial charge in [0.15, 0.2) is 0 Å². The number of aryl methyl sites for hydroxylation is 2. The number of carbonyl (C=O) groups excluding carboxylic acids is 2. The molecule has 1 aliphatic carbocycles. The zero-order chi connectivity index (χ0) is 30.3. The van der Waals surface area contributed by atoms with Gasteiger partial charge in [0.05, 0.1) is 10.6 Å². The number of nitrogens with one attached hydrogen (secondary N) is 1. The van der Waals surface area contributed by atoms with E-state index in [9.17, 15) is 18.0 Å². The fourth-order valence-corrected chi connectivity index (χ4v) is 7.29. The van der Waals surface area contributed by atoms with Crippen molar-refractivity contribution in [2.45, 2.75) is 82.8 Å². The topological polar surface area (TPSA) is 86.8 Å². The molecule has 3 aromatic carbocycles. The Balaban J connectivity index is 1.73. The second-order valence-corrected chi connectivity index (χ2v) is 13.3. The molecule has 224 valence electrons. The summed E-state index contributed by atoms with van der Waals surface area (Å²) in [5, 5.41) is 3.64. The lowest BCUT2D eigenvalue weighted by molar-refractivity contribution is -0.140. The number of benzene rings is 3. The Morgan fingerprint density at radius 1 is 0.952 bits per heavy atom. The maximum absolute atomic E-state index is 14.3. The largest absolute Gasteiger partial charge is 0.352 e. The maximum Gasteiger partial charge on any atom is 0.264 e. The van der Waals surface area contributed by atoms with Gasteiger partial charge in [-0.05, 0) is 68.5 Å². The van der Waals surface area contributed by atoms with Crippen LogP contribution in [0.2, 0.25) is 5.02 Å². The van der Waals surface area contributed by atoms with E-state index in [-0.39, 0.29) is 23.4 Å². The number of halogens is 1. The Labute approximate surface area is 254 Å². The molecule has 9 heteroatoms. The summed E-state index contributed by atoms with van der Waals surface area (Å²) in [6, 6.07) is 20.0. The SMILES string of the molecule is CC[C@@H](C(=O)NC1CCCCC1)N(Cc1ccccc1Cl)C(=O)CN(c1ccc(C)cc1C)S(=O)(=O)c1ccccc1. The lowest BCUT2D eigenvalue weighted by atomic mass is 9.95. The molecule has 1 saturated carbocycles. The van der Waals surface area contributed by atoms with E-state index >= 15 is 0 Å². The van der Waals surface area contributed by atoms with E-state index in [0.717, 1.165) is 47.5 Å². The number of carbonyl (C=O) groups is 2. The van der Waals surface area contributed by atoms with Gasteiger partial charge in [0.2, 0.25) is 11.8 Å². The van der Waals surface area contributed by atoms with Crippen LogP contribution in [0.25, 0.3) is 0 Å². The average molecular weight is 610 g/mol. The van der Waals surface area contributed by atoms with Gasteiger partial charge in [0, 0.05) is 17.6 Å². The lowest BCUT2D eigenvalue weighted by Gasteiger charge is -2.35. The Bertz CT molecular complexity index is 1490. The van der Waals surface area contributed by atoms with Crippen molar-refractivity contribution in [3.05, 3.63) is 94.5 Å². The molecule has 0 saturated heterocycles. The first-order valence-corrected chi connectivity index (χ1v) is 16.4. The van der Waals surface area contributed by atoms with Gasteiger partial charge in [0.25, 0.3) is 10.0 Å². The number of hydrogen-bond acceptors (Lipinski definition) is 4. The quantitative estimate of drug-likeness (QED) is 0.272. The molecule has 1 atom stereocenters. The van der Waals surface area contributed by atoms with E-state index in [0.29, 0.717) is 22.7 Å². The second kappa shape index (κ2) is 14.2. The Kier molecular flexibility index (Phi) is 10.7. The van der Waals surface area contributed by atoms with Crippen LogP contribution in [0.15, 0.2) is 77.7 Å². The van der Waals surface area contributed by atoms with Crippen molar-refractivity contribution in [2.75, 3.05) is 10.8 Å². The molecular formula is C33H40ClN3O4S. The highest BCUT2D eigenvalue weighted by atomic mass is 35.5. The van der Waals surface area contributed by atoms with E-state index in [1.807, 2.05) is 45.0 Å². The van der Waals surface area contributed by atoms with Crippen LogP contribution in [0, 0.1) is 13.8 Å². The van der Waals surface area contributed by atoms with Gasteiger partial charge in [-0.1, -0.05) is 91.9 Å². The molecule has 1 fully saturated rings. The predicted octanol–water partition coefficient (Wildman–Crippen LogP) is 6.41. The van der Waals surface area contributed by atoms with E-state index in [1.165, 1.54) is 17.0 Å². The zero-order valence-electron chi connectivity index (χ0n) is 24.6. The van der Waals surface area contributed by atoms with Crippen molar-refractivity contribution in [1.82, 2.24) is 10.2 Å². The average Bonchev–Trinajstić information content (AvgIpc) is 2.98. The first-order chi connectivity index (χ1) is 20.1. The van der Waals surface area contributed by atoms with E-state index in [1.54, 1.807) is 36.4 Å². The first kappa shape index (κ1) is 31.6. The molecule has 3 aromatic rings. The summed E-state index contributed by atoms with van der Waals surface area (Å²) >= 11 is 6.50. The third-order valence-corrected chi connectivity index (χ3v) is 10.0. The summed E-state index contributed by atoms with van der Waals surface area (Å²) in [4.78, 5) is 29.5. The zero-order valence-corrected chi connectivity index (χ0v) is 26.1. The van der Waals surface area contributed by atoms with Gasteiger partial charge in [-0.25, -0.2) is 8.42 Å². The van der Waals surface area contributed by atoms with Crippen LogP contribution in [0.5, 0.6) is 0 Å². The monoisotopic (exact) mass is 609 g/mol. The highest BCUT2D eigenvalue weighted by Crippen LogP contribution is 2.29. The van der Waals surface area contributed by atoms with E-state index < -0.39 is 28.5 Å². The van der Waals surface area contributed by atoms with Crippen LogP contribution < -0.4 is 9.62 Å². The Morgan fingerprint density at radius 3 is 2.26 bits per heavy atom. The summed E-state index contributed by atoms with van der Waals surface area (Å²) < 4.78 is 29.2. The molecule has 0 bridgehead atoms. The number of nitrogens with zero attached hydrogens (tertiary/aromatic N) is 2. The molecule has 0 aromatic heterocycles. The first-order valence-electron chi connectivity index (χ1n) is 14.6. The standard InChI is InChI=1S/C33H40ClN3O4S/c1-4-30(33(39)35-27-14-7-5-8-15-27)36(22-26-13-11-12-18-29(26)34)32(38)23-37(31-20-19-24(2)21-25(31)3)42(40,41)28-16-9-6-10-17-28/h6,9-13,16-21,27,30H,4-5,7-8,14-15,22-23H2,1-3H3,(H,35,39)/t30-/m0/s1. The minimum atomic E-state index is -4.12. The summed E-state index contributed by atoms with van der Waals surface area (Å²) in [5.41, 5.74) is 2.79. The van der Waals surface area contributed by atoms with Gasteiger partial charge >= 0.3 is 0 Å². The highest BCUT2D eigenvalue weighted by molar-refractivity contribution is 7.92. The predicted molar refractivity (Wildman–Crippen MR) is 168 cm³/mol. The van der Waals surface area contributed by atoms with Crippen LogP contribution >= 0.6 is 11.6 Å². The molecule has 0 aliphatic heterocycles. The van der Waals surface area contributed by atoms with Crippen molar-refractivity contribution >= 4 is 39.1 Å². The van der Waals surface area contributed by atoms with Crippen LogP contribution in [-0.2, 0) is 26.2 Å². The highest BCUT2D eigenvalue weighted by Gasteiger charge is 2.35. The molecule has 2 amide bonds. The minimum Gasteiger partial charge on any atom is -0.352 e. The fraction of sp³-hybridized carbons (Fsp3) is 0.394. The van der Waals surface area contributed by atoms with Gasteiger partial charge in [-0.3, -0.25) is 13.9 Å². The van der Waals surface area contributed by atoms with Gasteiger partial charge in [0.1, 0.15) is 12.6 Å². The van der Waals surface area contributed by atoms with Crippen molar-refractivity contribution in [1.29, 1.82) is 0 Å². The summed E-state index contributed by atoms with van der Waals surface area (Å²) in [7, 11) is -4.12. The molecule has 1 aliphatic rings. The van der Waals surface area contributed by atoms with Crippen LogP contribution in [0.4, 0.5) is 5.69 Å². The maximum atomic E-state index is 14.3. The molecule has 42 heavy (non-hydrogen) atoms. The Hall–Kier alpha value is -3.36. The van der Waals surface area contributed by atoms with Gasteiger partial charge < -0.3 is 10.2 Å². The third kappa shape index (κ3) is 7.53. The molecule has 1 N–H and O–H groups in total. The normalized spacial score (nSPS) is 14.7. The van der Waals surface area contributed by atoms with E-state index in [4.69, 9.17) is 11.6 Å². The van der Waals surface area contributed by atoms with Gasteiger partial charge in [-0.2, -0.15) is 0 Å². The van der Waals surface area contributed by atoms with Crippen LogP contribution in [0.3, 0.4) is 0 Å². The summed E-state index contributed by atoms with van der Waals surface area (Å²) in [5.74, 6) is -0.714. The van der Waals surface area contributed by atoms with Crippen LogP contribution in [0.1, 0.15) is 62.1 Å². The molecule has 0 unspecified atom stereocenters. The molecule has 4 rings (SSSR count). The number of amides is 2. The molecular weight excluding hydrogens is 570 g/mol. The third-order valence-electron chi connectivity index (χ3n) is 7.87. The lowest BCUT2D eigenvalue weighted by Crippen LogP contribution is -2.54.